The number of hydrogen-bond acceptors (Lipinski definition) is 11. The minimum Gasteiger partial charge on any atom is -0.490 e. The van der Waals surface area contributed by atoms with Crippen LogP contribution in [0.15, 0.2) is 45.8 Å². The van der Waals surface area contributed by atoms with Crippen molar-refractivity contribution in [2.75, 3.05) is 56.4 Å². The number of thiazole rings is 1. The van der Waals surface area contributed by atoms with Gasteiger partial charge < -0.3 is 25.1 Å². The maximum atomic E-state index is 15.0. The molecule has 2 saturated heterocycles. The summed E-state index contributed by atoms with van der Waals surface area (Å²) in [4.78, 5) is 26.2. The predicted octanol–water partition coefficient (Wildman–Crippen LogP) is 2.86. The highest BCUT2D eigenvalue weighted by atomic mass is 35.5. The molecule has 0 unspecified atom stereocenters. The van der Waals surface area contributed by atoms with E-state index in [0.29, 0.717) is 65.2 Å². The fraction of sp³-hybridized carbons (Fsp3) is 0.407. The topological polar surface area (TPSA) is 132 Å². The smallest absolute Gasteiger partial charge is 0.309 e. The molecule has 7 rings (SSSR count). The highest BCUT2D eigenvalue weighted by Crippen LogP contribution is 2.28. The number of halogens is 2. The summed E-state index contributed by atoms with van der Waals surface area (Å²) in [6, 6.07) is 8.70. The van der Waals surface area contributed by atoms with E-state index in [9.17, 15) is 4.79 Å². The van der Waals surface area contributed by atoms with Gasteiger partial charge in [0.05, 0.1) is 12.0 Å². The molecule has 0 atom stereocenters. The molecular weight excluding hydrogens is 585 g/mol. The molecule has 3 N–H and O–H groups in total. The van der Waals surface area contributed by atoms with Gasteiger partial charge in [-0.25, -0.2) is 9.37 Å². The van der Waals surface area contributed by atoms with E-state index in [2.05, 4.69) is 30.2 Å². The molecule has 12 nitrogen and oxygen atoms in total. The standard InChI is InChI=1S/C27H30FN9O3S.ClH/c28-19-16-18(40-17-5-7-30-8-6-17)3-4-20(19)35-12-9-34(10-13-35)11-14-36-24-22(41-27(36)38)25-31-23(21-2-1-15-39-21)33-37(25)26(29)32-24;/h1-4,15-17,30H,5-14H2,(H2,29,32);1H. The van der Waals surface area contributed by atoms with E-state index in [1.54, 1.807) is 23.0 Å². The molecule has 0 saturated carbocycles. The largest absolute Gasteiger partial charge is 0.490 e. The van der Waals surface area contributed by atoms with E-state index in [1.807, 2.05) is 12.1 Å². The Hall–Kier alpha value is -3.72. The minimum absolute atomic E-state index is 0. The van der Waals surface area contributed by atoms with Crippen LogP contribution >= 0.6 is 23.7 Å². The molecule has 0 amide bonds. The van der Waals surface area contributed by atoms with E-state index in [0.717, 1.165) is 50.4 Å². The van der Waals surface area contributed by atoms with Crippen LogP contribution in [0.2, 0.25) is 0 Å². The molecule has 0 aliphatic carbocycles. The number of furan rings is 1. The van der Waals surface area contributed by atoms with Crippen LogP contribution in [-0.2, 0) is 6.54 Å². The first kappa shape index (κ1) is 28.4. The van der Waals surface area contributed by atoms with E-state index in [-0.39, 0.29) is 35.1 Å². The molecule has 2 aliphatic heterocycles. The summed E-state index contributed by atoms with van der Waals surface area (Å²) < 4.78 is 30.1. The van der Waals surface area contributed by atoms with Gasteiger partial charge in [-0.15, -0.1) is 17.5 Å². The third kappa shape index (κ3) is 5.42. The number of nitrogens with zero attached hydrogens (tertiary/aromatic N) is 7. The summed E-state index contributed by atoms with van der Waals surface area (Å²) in [6.07, 6.45) is 3.54. The van der Waals surface area contributed by atoms with Crippen LogP contribution in [0.1, 0.15) is 12.8 Å². The van der Waals surface area contributed by atoms with Crippen LogP contribution in [0.25, 0.3) is 27.6 Å². The number of nitrogens with two attached hydrogens (primary N) is 1. The van der Waals surface area contributed by atoms with Crippen LogP contribution in [0.5, 0.6) is 5.75 Å². The van der Waals surface area contributed by atoms with Crippen molar-refractivity contribution in [1.82, 2.24) is 34.4 Å². The molecule has 2 aliphatic rings. The predicted molar refractivity (Wildman–Crippen MR) is 161 cm³/mol. The lowest BCUT2D eigenvalue weighted by Gasteiger charge is -2.36. The normalized spacial score (nSPS) is 16.7. The highest BCUT2D eigenvalue weighted by molar-refractivity contribution is 7.17. The maximum Gasteiger partial charge on any atom is 0.309 e. The average Bonchev–Trinajstić information content (AvgIpc) is 3.73. The van der Waals surface area contributed by atoms with E-state index in [4.69, 9.17) is 14.9 Å². The molecular formula is C27H31ClFN9O3S. The third-order valence-electron chi connectivity index (χ3n) is 7.72. The van der Waals surface area contributed by atoms with Gasteiger partial charge in [0.15, 0.2) is 17.1 Å². The van der Waals surface area contributed by atoms with Gasteiger partial charge in [0.1, 0.15) is 22.4 Å². The number of piperidine rings is 1. The summed E-state index contributed by atoms with van der Waals surface area (Å²) in [6.45, 7) is 5.84. The molecule has 5 aromatic rings. The quantitative estimate of drug-likeness (QED) is 0.282. The monoisotopic (exact) mass is 615 g/mol. The number of anilines is 2. The van der Waals surface area contributed by atoms with Gasteiger partial charge >= 0.3 is 4.87 Å². The van der Waals surface area contributed by atoms with Crippen LogP contribution in [0.4, 0.5) is 16.0 Å². The molecule has 0 bridgehead atoms. The zero-order valence-electron chi connectivity index (χ0n) is 22.7. The molecule has 0 spiro atoms. The number of ether oxygens (including phenoxy) is 1. The van der Waals surface area contributed by atoms with Crippen LogP contribution < -0.4 is 25.6 Å². The van der Waals surface area contributed by atoms with Crippen molar-refractivity contribution in [1.29, 1.82) is 0 Å². The van der Waals surface area contributed by atoms with E-state index in [1.165, 1.54) is 10.6 Å². The molecule has 2 fully saturated rings. The van der Waals surface area contributed by atoms with Crippen molar-refractivity contribution in [3.63, 3.8) is 0 Å². The van der Waals surface area contributed by atoms with Crippen molar-refractivity contribution < 1.29 is 13.5 Å². The van der Waals surface area contributed by atoms with E-state index < -0.39 is 0 Å². The Bertz CT molecular complexity index is 1740. The lowest BCUT2D eigenvalue weighted by atomic mass is 10.1. The maximum absolute atomic E-state index is 15.0. The van der Waals surface area contributed by atoms with Crippen molar-refractivity contribution in [3.05, 3.63) is 52.1 Å². The summed E-state index contributed by atoms with van der Waals surface area (Å²) >= 11 is 1.08. The molecule has 15 heteroatoms. The van der Waals surface area contributed by atoms with Crippen molar-refractivity contribution in [3.8, 4) is 17.3 Å². The summed E-state index contributed by atoms with van der Waals surface area (Å²) in [7, 11) is 0. The number of nitrogen functional groups attached to an aromatic ring is 1. The Morgan fingerprint density at radius 1 is 1.10 bits per heavy atom. The van der Waals surface area contributed by atoms with Gasteiger partial charge in [-0.05, 0) is 50.2 Å². The highest BCUT2D eigenvalue weighted by Gasteiger charge is 2.23. The Balaban J connectivity index is 0.00000316. The molecule has 42 heavy (non-hydrogen) atoms. The summed E-state index contributed by atoms with van der Waals surface area (Å²) in [5.41, 5.74) is 7.76. The van der Waals surface area contributed by atoms with Gasteiger partial charge in [-0.2, -0.15) is 9.50 Å². The first-order chi connectivity index (χ1) is 20.0. The summed E-state index contributed by atoms with van der Waals surface area (Å²) in [5, 5.41) is 7.71. The zero-order valence-corrected chi connectivity index (χ0v) is 24.4. The second-order valence-electron chi connectivity index (χ2n) is 10.3. The fourth-order valence-electron chi connectivity index (χ4n) is 5.51. The number of piperazine rings is 1. The van der Waals surface area contributed by atoms with Gasteiger partial charge in [0.25, 0.3) is 0 Å². The lowest BCUT2D eigenvalue weighted by Crippen LogP contribution is -2.47. The third-order valence-corrected chi connectivity index (χ3v) is 8.68. The molecule has 4 aromatic heterocycles. The van der Waals surface area contributed by atoms with E-state index >= 15 is 4.39 Å². The molecule has 0 radical (unpaired) electrons. The first-order valence-corrected chi connectivity index (χ1v) is 14.6. The Labute approximate surface area is 250 Å². The van der Waals surface area contributed by atoms with Crippen LogP contribution in [-0.4, -0.2) is 81.0 Å². The second-order valence-corrected chi connectivity index (χ2v) is 11.3. The Kier molecular flexibility index (Phi) is 8.03. The first-order valence-electron chi connectivity index (χ1n) is 13.8. The van der Waals surface area contributed by atoms with Crippen LogP contribution in [0, 0.1) is 5.82 Å². The number of aromatic nitrogens is 5. The Morgan fingerprint density at radius 2 is 1.90 bits per heavy atom. The molecule has 6 heterocycles. The number of benzene rings is 1. The zero-order chi connectivity index (χ0) is 27.9. The number of fused-ring (bicyclic) bond motifs is 3. The van der Waals surface area contributed by atoms with Gasteiger partial charge in [-0.3, -0.25) is 14.3 Å². The van der Waals surface area contributed by atoms with Crippen molar-refractivity contribution in [2.24, 2.45) is 0 Å². The van der Waals surface area contributed by atoms with Gasteiger partial charge in [0.2, 0.25) is 11.8 Å². The lowest BCUT2D eigenvalue weighted by molar-refractivity contribution is 0.162. The van der Waals surface area contributed by atoms with Gasteiger partial charge in [-0.1, -0.05) is 11.3 Å². The summed E-state index contributed by atoms with van der Waals surface area (Å²) in [5.74, 6) is 1.35. The average molecular weight is 616 g/mol. The SMILES string of the molecule is Cl.Nc1nc2c(sc(=O)n2CCN2CCN(c3ccc(OC4CCNCC4)cc3F)CC2)c2nc(-c3ccco3)nn12. The van der Waals surface area contributed by atoms with Crippen molar-refractivity contribution in [2.45, 2.75) is 25.5 Å². The van der Waals surface area contributed by atoms with Gasteiger partial charge in [0, 0.05) is 45.3 Å². The van der Waals surface area contributed by atoms with Crippen LogP contribution in [0.3, 0.4) is 0 Å². The minimum atomic E-state index is -0.264. The molecule has 222 valence electrons. The number of nitrogens with one attached hydrogen (secondary N) is 1. The Morgan fingerprint density at radius 3 is 2.64 bits per heavy atom. The second kappa shape index (κ2) is 11.9. The fourth-order valence-corrected chi connectivity index (χ4v) is 6.45. The number of hydrogen-bond donors (Lipinski definition) is 2. The molecule has 1 aromatic carbocycles. The van der Waals surface area contributed by atoms with Crippen molar-refractivity contribution >= 4 is 51.4 Å². The number of rotatable bonds is 7.